The molecule has 0 aliphatic rings. The molecule has 1 aromatic rings. The summed E-state index contributed by atoms with van der Waals surface area (Å²) in [5.41, 5.74) is 3.42. The van der Waals surface area contributed by atoms with Gasteiger partial charge in [0, 0.05) is 13.2 Å². The first kappa shape index (κ1) is 15.8. The number of aromatic nitrogens is 2. The Labute approximate surface area is 110 Å². The monoisotopic (exact) mass is 278 g/mol. The van der Waals surface area contributed by atoms with Crippen molar-refractivity contribution in [1.82, 2.24) is 15.2 Å². The van der Waals surface area contributed by atoms with Crippen LogP contribution in [-0.2, 0) is 11.3 Å². The van der Waals surface area contributed by atoms with Crippen molar-refractivity contribution >= 4 is 0 Å². The molecule has 1 unspecified atom stereocenters. The molecule has 1 atom stereocenters. The van der Waals surface area contributed by atoms with Crippen LogP contribution in [0.15, 0.2) is 6.20 Å². The molecule has 0 saturated heterocycles. The highest BCUT2D eigenvalue weighted by Crippen LogP contribution is 2.26. The molecule has 3 N–H and O–H groups in total. The molecule has 0 saturated carbocycles. The predicted molar refractivity (Wildman–Crippen MR) is 66.0 cm³/mol. The molecule has 0 amide bonds. The molecule has 6 nitrogen and oxygen atoms in total. The number of hydrogen-bond donors (Lipinski definition) is 2. The number of hydrogen-bond acceptors (Lipinski definition) is 5. The lowest BCUT2D eigenvalue weighted by Crippen LogP contribution is -2.31. The summed E-state index contributed by atoms with van der Waals surface area (Å²) in [7, 11) is 1.54. The Morgan fingerprint density at radius 3 is 2.79 bits per heavy atom. The molecule has 8 heteroatoms. The fourth-order valence-corrected chi connectivity index (χ4v) is 1.81. The van der Waals surface area contributed by atoms with Crippen LogP contribution in [0.3, 0.4) is 0 Å². The third-order valence-corrected chi connectivity index (χ3v) is 2.69. The van der Waals surface area contributed by atoms with Gasteiger partial charge in [-0.15, -0.1) is 0 Å². The van der Waals surface area contributed by atoms with Crippen molar-refractivity contribution in [2.45, 2.75) is 32.4 Å². The molecule has 0 bridgehead atoms. The molecular formula is C11H20F2N4O2. The van der Waals surface area contributed by atoms with Crippen LogP contribution in [0.1, 0.15) is 25.1 Å². The number of methoxy groups -OCH3 is 1. The Hall–Kier alpha value is -1.25. The summed E-state index contributed by atoms with van der Waals surface area (Å²) in [6, 6.07) is -0.268. The van der Waals surface area contributed by atoms with Crippen LogP contribution < -0.4 is 16.0 Å². The van der Waals surface area contributed by atoms with Crippen molar-refractivity contribution in [2.75, 3.05) is 20.3 Å². The minimum atomic E-state index is -2.46. The number of halogens is 2. The van der Waals surface area contributed by atoms with Crippen LogP contribution in [0.2, 0.25) is 0 Å². The van der Waals surface area contributed by atoms with E-state index in [1.54, 1.807) is 18.0 Å². The van der Waals surface area contributed by atoms with E-state index < -0.39 is 13.0 Å². The van der Waals surface area contributed by atoms with Gasteiger partial charge in [-0.2, -0.15) is 5.10 Å². The summed E-state index contributed by atoms with van der Waals surface area (Å²) < 4.78 is 35.7. The predicted octanol–water partition coefficient (Wildman–Crippen LogP) is 1.09. The summed E-state index contributed by atoms with van der Waals surface area (Å²) in [6.07, 6.45) is -0.408. The molecule has 0 aromatic carbocycles. The van der Waals surface area contributed by atoms with Gasteiger partial charge in [-0.05, 0) is 13.3 Å². The Bertz CT molecular complexity index is 352. The highest BCUT2D eigenvalue weighted by molar-refractivity contribution is 5.28. The number of nitrogens with one attached hydrogen (secondary N) is 1. The highest BCUT2D eigenvalue weighted by atomic mass is 19.3. The van der Waals surface area contributed by atoms with Gasteiger partial charge in [-0.25, -0.2) is 8.78 Å². The summed E-state index contributed by atoms with van der Waals surface area (Å²) in [5.74, 6) is 6.11. The summed E-state index contributed by atoms with van der Waals surface area (Å²) >= 11 is 0. The average molecular weight is 278 g/mol. The molecule has 0 radical (unpaired) electrons. The zero-order valence-corrected chi connectivity index (χ0v) is 11.1. The first-order valence-corrected chi connectivity index (χ1v) is 6.05. The Morgan fingerprint density at radius 1 is 1.53 bits per heavy atom. The van der Waals surface area contributed by atoms with Crippen molar-refractivity contribution < 1.29 is 18.3 Å². The van der Waals surface area contributed by atoms with Crippen LogP contribution in [0, 0.1) is 0 Å². The fraction of sp³-hybridized carbons (Fsp3) is 0.727. The minimum absolute atomic E-state index is 0.178. The number of aryl methyl sites for hydroxylation is 1. The van der Waals surface area contributed by atoms with Gasteiger partial charge in [0.15, 0.2) is 5.75 Å². The Kier molecular flexibility index (Phi) is 6.68. The van der Waals surface area contributed by atoms with E-state index in [-0.39, 0.29) is 12.6 Å². The molecule has 0 aliphatic carbocycles. The fourth-order valence-electron chi connectivity index (χ4n) is 1.81. The maximum Gasteiger partial charge on any atom is 0.261 e. The van der Waals surface area contributed by atoms with E-state index in [1.165, 1.54) is 0 Å². The first-order valence-electron chi connectivity index (χ1n) is 6.05. The average Bonchev–Trinajstić information content (AvgIpc) is 2.81. The third-order valence-electron chi connectivity index (χ3n) is 2.69. The maximum atomic E-state index is 12.0. The van der Waals surface area contributed by atoms with Crippen molar-refractivity contribution in [3.63, 3.8) is 0 Å². The lowest BCUT2D eigenvalue weighted by molar-refractivity contribution is 0.0141. The zero-order valence-electron chi connectivity index (χ0n) is 11.1. The Morgan fingerprint density at radius 2 is 2.26 bits per heavy atom. The van der Waals surface area contributed by atoms with Crippen LogP contribution in [0.4, 0.5) is 8.78 Å². The van der Waals surface area contributed by atoms with Gasteiger partial charge >= 0.3 is 0 Å². The van der Waals surface area contributed by atoms with Crippen molar-refractivity contribution in [3.8, 4) is 5.75 Å². The smallest absolute Gasteiger partial charge is 0.261 e. The van der Waals surface area contributed by atoms with E-state index >= 15 is 0 Å². The molecule has 1 rings (SSSR count). The van der Waals surface area contributed by atoms with Crippen molar-refractivity contribution in [3.05, 3.63) is 11.9 Å². The third kappa shape index (κ3) is 4.41. The van der Waals surface area contributed by atoms with Gasteiger partial charge in [-0.3, -0.25) is 16.0 Å². The van der Waals surface area contributed by atoms with E-state index in [1.807, 2.05) is 6.92 Å². The topological polar surface area (TPSA) is 74.3 Å². The van der Waals surface area contributed by atoms with E-state index in [4.69, 9.17) is 15.3 Å². The van der Waals surface area contributed by atoms with E-state index in [9.17, 15) is 8.78 Å². The normalized spacial score (nSPS) is 12.9. The van der Waals surface area contributed by atoms with Gasteiger partial charge < -0.3 is 9.47 Å². The molecule has 1 aromatic heterocycles. The Balaban J connectivity index is 2.65. The molecular weight excluding hydrogens is 258 g/mol. The van der Waals surface area contributed by atoms with E-state index in [2.05, 4.69) is 10.5 Å². The second-order valence-corrected chi connectivity index (χ2v) is 3.89. The quantitative estimate of drug-likeness (QED) is 0.402. The summed E-state index contributed by atoms with van der Waals surface area (Å²) in [5, 5.41) is 4.17. The maximum absolute atomic E-state index is 12.0. The lowest BCUT2D eigenvalue weighted by Gasteiger charge is -2.18. The summed E-state index contributed by atoms with van der Waals surface area (Å²) in [4.78, 5) is 0. The number of ether oxygens (including phenoxy) is 2. The van der Waals surface area contributed by atoms with Gasteiger partial charge in [0.2, 0.25) is 0 Å². The number of rotatable bonds is 9. The molecule has 0 spiro atoms. The molecule has 110 valence electrons. The first-order chi connectivity index (χ1) is 9.13. The second kappa shape index (κ2) is 8.03. The van der Waals surface area contributed by atoms with Crippen LogP contribution in [-0.4, -0.2) is 36.5 Å². The minimum Gasteiger partial charge on any atom is -0.493 e. The number of hydrazine groups is 1. The molecule has 0 aliphatic heterocycles. The van der Waals surface area contributed by atoms with Crippen LogP contribution in [0.25, 0.3) is 0 Å². The van der Waals surface area contributed by atoms with E-state index in [0.717, 1.165) is 5.69 Å². The van der Waals surface area contributed by atoms with E-state index in [0.29, 0.717) is 18.7 Å². The van der Waals surface area contributed by atoms with Crippen LogP contribution in [0.5, 0.6) is 5.75 Å². The largest absolute Gasteiger partial charge is 0.493 e. The summed E-state index contributed by atoms with van der Waals surface area (Å²) in [6.45, 7) is 2.21. The molecule has 19 heavy (non-hydrogen) atoms. The second-order valence-electron chi connectivity index (χ2n) is 3.89. The van der Waals surface area contributed by atoms with Gasteiger partial charge in [0.05, 0.1) is 25.0 Å². The number of nitrogens with two attached hydrogens (primary N) is 1. The van der Waals surface area contributed by atoms with Crippen LogP contribution >= 0.6 is 0 Å². The van der Waals surface area contributed by atoms with Crippen molar-refractivity contribution in [2.24, 2.45) is 5.84 Å². The molecule has 1 heterocycles. The van der Waals surface area contributed by atoms with Gasteiger partial charge in [0.25, 0.3) is 6.43 Å². The van der Waals surface area contributed by atoms with Gasteiger partial charge in [0.1, 0.15) is 6.61 Å². The van der Waals surface area contributed by atoms with Crippen molar-refractivity contribution in [1.29, 1.82) is 0 Å². The zero-order chi connectivity index (χ0) is 14.3. The lowest BCUT2D eigenvalue weighted by atomic mass is 10.1. The SMILES string of the molecule is CCn1ncc(OC)c1C(CCOCC(F)F)NN. The standard InChI is InChI=1S/C11H20F2N4O2/c1-3-17-11(9(18-2)6-15-17)8(16-14)4-5-19-7-10(12)13/h6,8,10,16H,3-5,7,14H2,1-2H3. The molecule has 0 fully saturated rings. The number of nitrogens with zero attached hydrogens (tertiary/aromatic N) is 2. The highest BCUT2D eigenvalue weighted by Gasteiger charge is 2.20. The number of alkyl halides is 2. The van der Waals surface area contributed by atoms with Gasteiger partial charge in [-0.1, -0.05) is 0 Å².